The maximum atomic E-state index is 12.2. The number of nitrogens with zero attached hydrogens (tertiary/aromatic N) is 2. The van der Waals surface area contributed by atoms with Crippen LogP contribution in [0, 0.1) is 15.5 Å². The molecule has 8 nitrogen and oxygen atoms in total. The number of esters is 1. The van der Waals surface area contributed by atoms with Crippen LogP contribution in [-0.4, -0.2) is 34.7 Å². The van der Waals surface area contributed by atoms with Gasteiger partial charge in [0.25, 0.3) is 5.69 Å². The third kappa shape index (κ3) is 3.33. The van der Waals surface area contributed by atoms with Crippen LogP contribution < -0.4 is 4.74 Å². The topological polar surface area (TPSA) is 99.0 Å². The van der Waals surface area contributed by atoms with Crippen molar-refractivity contribution in [2.75, 3.05) is 6.54 Å². The lowest BCUT2D eigenvalue weighted by Gasteiger charge is -2.31. The van der Waals surface area contributed by atoms with Gasteiger partial charge in [-0.2, -0.15) is 0 Å². The van der Waals surface area contributed by atoms with Crippen LogP contribution in [0.4, 0.5) is 10.5 Å². The summed E-state index contributed by atoms with van der Waals surface area (Å²) in [7, 11) is 0. The van der Waals surface area contributed by atoms with Crippen molar-refractivity contribution in [2.45, 2.75) is 27.0 Å². The quantitative estimate of drug-likeness (QED) is 0.472. The lowest BCUT2D eigenvalue weighted by molar-refractivity contribution is -0.384. The van der Waals surface area contributed by atoms with E-state index in [2.05, 4.69) is 0 Å². The molecule has 22 heavy (non-hydrogen) atoms. The minimum atomic E-state index is -0.736. The molecular formula is C14H16N2O6. The van der Waals surface area contributed by atoms with E-state index < -0.39 is 28.6 Å². The van der Waals surface area contributed by atoms with Crippen molar-refractivity contribution in [1.29, 1.82) is 0 Å². The molecule has 1 aromatic rings. The Kier molecular flexibility index (Phi) is 4.03. The summed E-state index contributed by atoms with van der Waals surface area (Å²) in [6.45, 7) is 5.32. The zero-order valence-electron chi connectivity index (χ0n) is 12.4. The third-order valence-corrected chi connectivity index (χ3v) is 3.05. The summed E-state index contributed by atoms with van der Waals surface area (Å²) in [6, 6.07) is 5.10. The number of non-ortho nitro benzene ring substituents is 1. The first kappa shape index (κ1) is 15.7. The van der Waals surface area contributed by atoms with Gasteiger partial charge in [-0.25, -0.2) is 4.79 Å². The van der Waals surface area contributed by atoms with Crippen LogP contribution in [0.1, 0.15) is 20.8 Å². The van der Waals surface area contributed by atoms with Crippen LogP contribution in [-0.2, 0) is 9.53 Å². The Balaban J connectivity index is 2.11. The maximum Gasteiger partial charge on any atom is 0.418 e. The van der Waals surface area contributed by atoms with Crippen molar-refractivity contribution < 1.29 is 24.0 Å². The Bertz CT molecular complexity index is 605. The van der Waals surface area contributed by atoms with Crippen molar-refractivity contribution in [3.8, 4) is 5.75 Å². The number of cyclic esters (lactones) is 1. The van der Waals surface area contributed by atoms with Gasteiger partial charge in [-0.1, -0.05) is 20.8 Å². The van der Waals surface area contributed by atoms with E-state index in [9.17, 15) is 19.7 Å². The van der Waals surface area contributed by atoms with Gasteiger partial charge in [0.15, 0.2) is 6.23 Å². The van der Waals surface area contributed by atoms with Crippen molar-refractivity contribution in [2.24, 2.45) is 5.41 Å². The molecule has 1 fully saturated rings. The molecule has 1 unspecified atom stereocenters. The molecule has 1 heterocycles. The molecule has 8 heteroatoms. The first-order chi connectivity index (χ1) is 10.2. The molecular weight excluding hydrogens is 292 g/mol. The minimum Gasteiger partial charge on any atom is -0.439 e. The van der Waals surface area contributed by atoms with E-state index in [1.54, 1.807) is 0 Å². The Hall–Kier alpha value is -2.64. The summed E-state index contributed by atoms with van der Waals surface area (Å²) in [5, 5.41) is 10.6. The number of carbonyl (C=O) groups is 2. The highest BCUT2D eigenvalue weighted by Crippen LogP contribution is 2.30. The van der Waals surface area contributed by atoms with Crippen molar-refractivity contribution in [1.82, 2.24) is 4.90 Å². The summed E-state index contributed by atoms with van der Waals surface area (Å²) in [6.07, 6.45) is -1.45. The molecule has 118 valence electrons. The zero-order valence-corrected chi connectivity index (χ0v) is 12.4. The number of carbonyl (C=O) groups excluding carboxylic acids is 2. The maximum absolute atomic E-state index is 12.2. The summed E-state index contributed by atoms with van der Waals surface area (Å²) < 4.78 is 10.3. The minimum absolute atomic E-state index is 0.105. The van der Waals surface area contributed by atoms with Crippen LogP contribution in [0.2, 0.25) is 0 Å². The van der Waals surface area contributed by atoms with Gasteiger partial charge in [-0.3, -0.25) is 19.8 Å². The van der Waals surface area contributed by atoms with E-state index in [-0.39, 0.29) is 18.0 Å². The normalized spacial score (nSPS) is 18.0. The first-order valence-corrected chi connectivity index (χ1v) is 6.61. The number of hydrogen-bond donors (Lipinski definition) is 0. The zero-order chi connectivity index (χ0) is 16.5. The molecule has 0 spiro atoms. The average Bonchev–Trinajstić information content (AvgIpc) is 2.81. The first-order valence-electron chi connectivity index (χ1n) is 6.61. The van der Waals surface area contributed by atoms with E-state index >= 15 is 0 Å². The van der Waals surface area contributed by atoms with Gasteiger partial charge in [0.05, 0.1) is 4.92 Å². The summed E-state index contributed by atoms with van der Waals surface area (Å²) in [4.78, 5) is 34.8. The largest absolute Gasteiger partial charge is 0.439 e. The Labute approximate surface area is 126 Å². The van der Waals surface area contributed by atoms with Crippen LogP contribution in [0.15, 0.2) is 24.3 Å². The molecule has 0 saturated carbocycles. The third-order valence-electron chi connectivity index (χ3n) is 3.05. The van der Waals surface area contributed by atoms with Crippen molar-refractivity contribution >= 4 is 17.7 Å². The van der Waals surface area contributed by atoms with Crippen LogP contribution in [0.5, 0.6) is 5.75 Å². The lowest BCUT2D eigenvalue weighted by atomic mass is 9.94. The predicted octanol–water partition coefficient (Wildman–Crippen LogP) is 2.32. The number of nitro groups is 1. The molecule has 1 atom stereocenters. The molecule has 2 rings (SSSR count). The molecule has 1 saturated heterocycles. The number of rotatable bonds is 2. The number of nitro benzene ring substituents is 1. The predicted molar refractivity (Wildman–Crippen MR) is 75.2 cm³/mol. The average molecular weight is 308 g/mol. The van der Waals surface area contributed by atoms with Crippen LogP contribution in [0.3, 0.4) is 0 Å². The van der Waals surface area contributed by atoms with E-state index in [0.717, 1.165) is 0 Å². The monoisotopic (exact) mass is 308 g/mol. The van der Waals surface area contributed by atoms with Crippen LogP contribution >= 0.6 is 0 Å². The van der Waals surface area contributed by atoms with Gasteiger partial charge in [0.2, 0.25) is 0 Å². The fourth-order valence-corrected chi connectivity index (χ4v) is 2.05. The summed E-state index contributed by atoms with van der Waals surface area (Å²) in [5.41, 5.74) is -0.562. The van der Waals surface area contributed by atoms with E-state index in [1.165, 1.54) is 29.2 Å². The number of benzene rings is 1. The van der Waals surface area contributed by atoms with Gasteiger partial charge in [0, 0.05) is 17.5 Å². The second kappa shape index (κ2) is 5.63. The molecule has 0 aliphatic carbocycles. The fourth-order valence-electron chi connectivity index (χ4n) is 2.05. The van der Waals surface area contributed by atoms with Crippen molar-refractivity contribution in [3.63, 3.8) is 0 Å². The molecule has 0 radical (unpaired) electrons. The number of amides is 1. The second-order valence-electron chi connectivity index (χ2n) is 5.96. The molecule has 0 bridgehead atoms. The number of ether oxygens (including phenoxy) is 2. The second-order valence-corrected chi connectivity index (χ2v) is 5.96. The fraction of sp³-hybridized carbons (Fsp3) is 0.429. The van der Waals surface area contributed by atoms with Gasteiger partial charge in [0.1, 0.15) is 12.3 Å². The summed E-state index contributed by atoms with van der Waals surface area (Å²) >= 11 is 0. The Morgan fingerprint density at radius 3 is 2.45 bits per heavy atom. The lowest BCUT2D eigenvalue weighted by Crippen LogP contribution is -2.45. The van der Waals surface area contributed by atoms with Gasteiger partial charge < -0.3 is 9.47 Å². The standard InChI is InChI=1S/C14H16N2O6/c1-14(2,3)12-15(8-11(17)22-12)13(18)21-10-6-4-9(5-7-10)16(19)20/h4-7,12H,8H2,1-3H3. The van der Waals surface area contributed by atoms with Gasteiger partial charge >= 0.3 is 12.1 Å². The van der Waals surface area contributed by atoms with E-state index in [0.29, 0.717) is 0 Å². The molecule has 1 amide bonds. The molecule has 0 aromatic heterocycles. The van der Waals surface area contributed by atoms with E-state index in [4.69, 9.17) is 9.47 Å². The Morgan fingerprint density at radius 2 is 1.95 bits per heavy atom. The Morgan fingerprint density at radius 1 is 1.36 bits per heavy atom. The number of hydrogen-bond acceptors (Lipinski definition) is 6. The van der Waals surface area contributed by atoms with Gasteiger partial charge in [-0.05, 0) is 12.1 Å². The highest BCUT2D eigenvalue weighted by molar-refractivity contribution is 5.82. The molecule has 1 aliphatic heterocycles. The smallest absolute Gasteiger partial charge is 0.418 e. The van der Waals surface area contributed by atoms with Crippen molar-refractivity contribution in [3.05, 3.63) is 34.4 Å². The summed E-state index contributed by atoms with van der Waals surface area (Å²) in [5.74, 6) is -0.344. The molecule has 0 N–H and O–H groups in total. The highest BCUT2D eigenvalue weighted by Gasteiger charge is 2.43. The molecule has 1 aromatic carbocycles. The molecule has 1 aliphatic rings. The highest BCUT2D eigenvalue weighted by atomic mass is 16.6. The van der Waals surface area contributed by atoms with E-state index in [1.807, 2.05) is 20.8 Å². The SMILES string of the molecule is CC(C)(C)C1OC(=O)CN1C(=O)Oc1ccc([N+](=O)[O-])cc1. The van der Waals surface area contributed by atoms with Crippen LogP contribution in [0.25, 0.3) is 0 Å². The van der Waals surface area contributed by atoms with Gasteiger partial charge in [-0.15, -0.1) is 0 Å².